The van der Waals surface area contributed by atoms with Crippen molar-refractivity contribution in [1.29, 1.82) is 0 Å². The van der Waals surface area contributed by atoms with Crippen LogP contribution >= 0.6 is 0 Å². The molecule has 0 saturated heterocycles. The molecule has 90 valence electrons. The van der Waals surface area contributed by atoms with Crippen LogP contribution in [0.1, 0.15) is 6.92 Å². The quantitative estimate of drug-likeness (QED) is 0.711. The average Bonchev–Trinajstić information content (AvgIpc) is 2.66. The van der Waals surface area contributed by atoms with Gasteiger partial charge in [0.15, 0.2) is 11.2 Å². The number of aryl methyl sites for hydroxylation is 1. The van der Waals surface area contributed by atoms with E-state index in [0.29, 0.717) is 12.2 Å². The van der Waals surface area contributed by atoms with Gasteiger partial charge in [-0.1, -0.05) is 5.21 Å². The van der Waals surface area contributed by atoms with Gasteiger partial charge < -0.3 is 5.32 Å². The maximum Gasteiger partial charge on any atom is 0.283 e. The van der Waals surface area contributed by atoms with Crippen molar-refractivity contribution in [3.8, 4) is 0 Å². The molecule has 8 nitrogen and oxygen atoms in total. The SMILES string of the molecule is CCNC(=O)Cn1cnc2c(nnn2C)c1=O. The van der Waals surface area contributed by atoms with E-state index in [9.17, 15) is 9.59 Å². The van der Waals surface area contributed by atoms with Gasteiger partial charge >= 0.3 is 0 Å². The lowest BCUT2D eigenvalue weighted by molar-refractivity contribution is -0.121. The van der Waals surface area contributed by atoms with Crippen molar-refractivity contribution in [2.24, 2.45) is 7.05 Å². The summed E-state index contributed by atoms with van der Waals surface area (Å²) in [5, 5.41) is 10.0. The maximum atomic E-state index is 11.9. The molecule has 1 N–H and O–H groups in total. The van der Waals surface area contributed by atoms with Crippen molar-refractivity contribution in [2.45, 2.75) is 13.5 Å². The molecule has 2 rings (SSSR count). The Bertz CT molecular complexity index is 613. The fourth-order valence-electron chi connectivity index (χ4n) is 1.47. The van der Waals surface area contributed by atoms with Gasteiger partial charge in [0.05, 0.1) is 0 Å². The van der Waals surface area contributed by atoms with Crippen LogP contribution in [-0.2, 0) is 18.4 Å². The monoisotopic (exact) mass is 236 g/mol. The van der Waals surface area contributed by atoms with Crippen molar-refractivity contribution in [3.63, 3.8) is 0 Å². The van der Waals surface area contributed by atoms with Gasteiger partial charge in [0.25, 0.3) is 5.56 Å². The minimum atomic E-state index is -0.366. The van der Waals surface area contributed by atoms with Crippen molar-refractivity contribution in [3.05, 3.63) is 16.7 Å². The number of nitrogens with one attached hydrogen (secondary N) is 1. The van der Waals surface area contributed by atoms with E-state index in [-0.39, 0.29) is 23.5 Å². The van der Waals surface area contributed by atoms with Gasteiger partial charge in [-0.2, -0.15) is 0 Å². The number of rotatable bonds is 3. The van der Waals surface area contributed by atoms with E-state index in [4.69, 9.17) is 0 Å². The van der Waals surface area contributed by atoms with Crippen LogP contribution in [0.4, 0.5) is 0 Å². The number of carbonyl (C=O) groups excluding carboxylic acids is 1. The van der Waals surface area contributed by atoms with Crippen LogP contribution in [0.5, 0.6) is 0 Å². The molecule has 0 unspecified atom stereocenters. The smallest absolute Gasteiger partial charge is 0.283 e. The molecule has 0 aliphatic carbocycles. The molecule has 0 aliphatic rings. The summed E-state index contributed by atoms with van der Waals surface area (Å²) in [7, 11) is 1.65. The van der Waals surface area contributed by atoms with E-state index < -0.39 is 0 Å². The number of fused-ring (bicyclic) bond motifs is 1. The first-order valence-electron chi connectivity index (χ1n) is 5.15. The lowest BCUT2D eigenvalue weighted by Crippen LogP contribution is -2.32. The van der Waals surface area contributed by atoms with Crippen LogP contribution in [0.15, 0.2) is 11.1 Å². The summed E-state index contributed by atoms with van der Waals surface area (Å²) < 4.78 is 2.62. The fraction of sp³-hybridized carbons (Fsp3) is 0.444. The molecule has 0 spiro atoms. The van der Waals surface area contributed by atoms with E-state index in [1.807, 2.05) is 6.92 Å². The van der Waals surface area contributed by atoms with Gasteiger partial charge in [0.1, 0.15) is 12.9 Å². The van der Waals surface area contributed by atoms with Crippen molar-refractivity contribution in [1.82, 2.24) is 29.9 Å². The average molecular weight is 236 g/mol. The van der Waals surface area contributed by atoms with Crippen LogP contribution < -0.4 is 10.9 Å². The molecule has 17 heavy (non-hydrogen) atoms. The van der Waals surface area contributed by atoms with E-state index in [1.165, 1.54) is 15.6 Å². The second kappa shape index (κ2) is 4.32. The second-order valence-corrected chi connectivity index (χ2v) is 3.52. The molecule has 0 radical (unpaired) electrons. The van der Waals surface area contributed by atoms with Crippen molar-refractivity contribution >= 4 is 17.1 Å². The van der Waals surface area contributed by atoms with Crippen LogP contribution in [0.3, 0.4) is 0 Å². The Morgan fingerprint density at radius 2 is 2.29 bits per heavy atom. The molecule has 0 bridgehead atoms. The van der Waals surface area contributed by atoms with Crippen molar-refractivity contribution in [2.75, 3.05) is 6.54 Å². The summed E-state index contributed by atoms with van der Waals surface area (Å²) in [4.78, 5) is 27.3. The van der Waals surface area contributed by atoms with Crippen LogP contribution in [0.2, 0.25) is 0 Å². The Kier molecular flexibility index (Phi) is 2.86. The zero-order valence-corrected chi connectivity index (χ0v) is 9.54. The molecule has 2 aromatic heterocycles. The lowest BCUT2D eigenvalue weighted by Gasteiger charge is -2.04. The van der Waals surface area contributed by atoms with Gasteiger partial charge in [0, 0.05) is 13.6 Å². The summed E-state index contributed by atoms with van der Waals surface area (Å²) in [6.07, 6.45) is 1.32. The number of hydrogen-bond acceptors (Lipinski definition) is 5. The van der Waals surface area contributed by atoms with Crippen molar-refractivity contribution < 1.29 is 4.79 Å². The number of hydrogen-bond donors (Lipinski definition) is 1. The molecule has 1 amide bonds. The first-order valence-corrected chi connectivity index (χ1v) is 5.15. The lowest BCUT2D eigenvalue weighted by atomic mass is 10.5. The Morgan fingerprint density at radius 3 is 3.00 bits per heavy atom. The topological polar surface area (TPSA) is 94.7 Å². The molecule has 0 aromatic carbocycles. The van der Waals surface area contributed by atoms with Gasteiger partial charge in [-0.3, -0.25) is 14.2 Å². The molecule has 8 heteroatoms. The van der Waals surface area contributed by atoms with Gasteiger partial charge in [-0.05, 0) is 6.92 Å². The molecule has 2 aromatic rings. The van der Waals surface area contributed by atoms with E-state index in [2.05, 4.69) is 20.6 Å². The third kappa shape index (κ3) is 2.01. The third-order valence-corrected chi connectivity index (χ3v) is 2.27. The first kappa shape index (κ1) is 11.2. The Hall–Kier alpha value is -2.25. The van der Waals surface area contributed by atoms with E-state index in [0.717, 1.165) is 0 Å². The highest BCUT2D eigenvalue weighted by molar-refractivity contribution is 5.76. The summed E-state index contributed by atoms with van der Waals surface area (Å²) in [6, 6.07) is 0. The Labute approximate surface area is 96.3 Å². The Balaban J connectivity index is 2.40. The Morgan fingerprint density at radius 1 is 1.53 bits per heavy atom. The number of likely N-dealkylation sites (N-methyl/N-ethyl adjacent to an activating group) is 1. The summed E-state index contributed by atoms with van der Waals surface area (Å²) in [6.45, 7) is 2.27. The standard InChI is InChI=1S/C9H12N6O2/c1-3-10-6(16)4-15-5-11-8-7(9(15)17)12-13-14(8)2/h5H,3-4H2,1-2H3,(H,10,16). The van der Waals surface area contributed by atoms with Gasteiger partial charge in [0.2, 0.25) is 5.91 Å². The highest BCUT2D eigenvalue weighted by atomic mass is 16.2. The largest absolute Gasteiger partial charge is 0.355 e. The van der Waals surface area contributed by atoms with Crippen LogP contribution in [-0.4, -0.2) is 37.0 Å². The molecular formula is C9H12N6O2. The molecule has 0 atom stereocenters. The number of nitrogens with zero attached hydrogens (tertiary/aromatic N) is 5. The zero-order valence-electron chi connectivity index (χ0n) is 9.54. The van der Waals surface area contributed by atoms with Gasteiger partial charge in [-0.15, -0.1) is 5.10 Å². The first-order chi connectivity index (χ1) is 8.13. The highest BCUT2D eigenvalue weighted by Gasteiger charge is 2.11. The number of carbonyl (C=O) groups is 1. The molecule has 0 saturated carbocycles. The zero-order chi connectivity index (χ0) is 12.4. The maximum absolute atomic E-state index is 11.9. The summed E-state index contributed by atoms with van der Waals surface area (Å²) in [5.74, 6) is -0.236. The molecule has 0 fully saturated rings. The minimum Gasteiger partial charge on any atom is -0.355 e. The summed E-state index contributed by atoms with van der Waals surface area (Å²) in [5.41, 5.74) is 0.204. The fourth-order valence-corrected chi connectivity index (χ4v) is 1.47. The molecule has 2 heterocycles. The van der Waals surface area contributed by atoms with Crippen LogP contribution in [0.25, 0.3) is 11.2 Å². The molecular weight excluding hydrogens is 224 g/mol. The predicted octanol–water partition coefficient (Wildman–Crippen LogP) is -1.34. The number of aromatic nitrogens is 5. The predicted molar refractivity (Wildman–Crippen MR) is 59.2 cm³/mol. The summed E-state index contributed by atoms with van der Waals surface area (Å²) >= 11 is 0. The minimum absolute atomic E-state index is 0.0633. The second-order valence-electron chi connectivity index (χ2n) is 3.52. The van der Waals surface area contributed by atoms with E-state index >= 15 is 0 Å². The highest BCUT2D eigenvalue weighted by Crippen LogP contribution is 1.98. The molecule has 0 aliphatic heterocycles. The number of amides is 1. The van der Waals surface area contributed by atoms with Crippen LogP contribution in [0, 0.1) is 0 Å². The van der Waals surface area contributed by atoms with E-state index in [1.54, 1.807) is 7.05 Å². The normalized spacial score (nSPS) is 10.7. The van der Waals surface area contributed by atoms with Gasteiger partial charge in [-0.25, -0.2) is 9.67 Å². The third-order valence-electron chi connectivity index (χ3n) is 2.27.